The molecule has 0 unspecified atom stereocenters. The molecule has 10 heteroatoms. The number of aliphatic imine (C=N–C) groups is 1. The van der Waals surface area contributed by atoms with Crippen molar-refractivity contribution < 1.29 is 18.9 Å². The Morgan fingerprint density at radius 3 is 2.40 bits per heavy atom. The van der Waals surface area contributed by atoms with E-state index in [4.69, 9.17) is 23.9 Å². The van der Waals surface area contributed by atoms with Gasteiger partial charge in [0.05, 0.1) is 34.2 Å². The van der Waals surface area contributed by atoms with Crippen molar-refractivity contribution >= 4 is 23.3 Å². The highest BCUT2D eigenvalue weighted by atomic mass is 32.2. The number of hydrogen-bond donors (Lipinski definition) is 1. The Balaban J connectivity index is 1.69. The third-order valence-corrected chi connectivity index (χ3v) is 5.44. The van der Waals surface area contributed by atoms with Crippen LogP contribution in [0.1, 0.15) is 0 Å². The van der Waals surface area contributed by atoms with Gasteiger partial charge in [-0.15, -0.1) is 10.2 Å². The highest BCUT2D eigenvalue weighted by Crippen LogP contribution is 2.35. The van der Waals surface area contributed by atoms with Gasteiger partial charge in [-0.2, -0.15) is 0 Å². The van der Waals surface area contributed by atoms with E-state index in [0.717, 1.165) is 16.6 Å². The third kappa shape index (κ3) is 3.73. The summed E-state index contributed by atoms with van der Waals surface area (Å²) >= 11 is 1.54. The first-order valence-electron chi connectivity index (χ1n) is 9.04. The zero-order chi connectivity index (χ0) is 21.1. The molecule has 1 aliphatic rings. The number of rotatable bonds is 6. The van der Waals surface area contributed by atoms with Crippen molar-refractivity contribution in [2.75, 3.05) is 39.6 Å². The molecule has 0 saturated heterocycles. The van der Waals surface area contributed by atoms with Crippen LogP contribution in [0.4, 0.5) is 5.69 Å². The first kappa shape index (κ1) is 19.9. The molecule has 1 N–H and O–H groups in total. The second-order valence-electron chi connectivity index (χ2n) is 6.21. The Kier molecular flexibility index (Phi) is 5.66. The number of nitrogens with one attached hydrogen (secondary N) is 1. The van der Waals surface area contributed by atoms with Crippen molar-refractivity contribution in [1.29, 1.82) is 0 Å². The van der Waals surface area contributed by atoms with E-state index in [1.54, 1.807) is 44.9 Å². The predicted molar refractivity (Wildman–Crippen MR) is 115 cm³/mol. The molecular weight excluding hydrogens is 406 g/mol. The van der Waals surface area contributed by atoms with Crippen LogP contribution in [0.5, 0.6) is 23.0 Å². The normalized spacial score (nSPS) is 14.1. The van der Waals surface area contributed by atoms with Crippen LogP contribution in [0.25, 0.3) is 11.4 Å². The van der Waals surface area contributed by atoms with Crippen LogP contribution in [0.3, 0.4) is 0 Å². The van der Waals surface area contributed by atoms with Gasteiger partial charge in [0.1, 0.15) is 23.0 Å². The van der Waals surface area contributed by atoms with E-state index in [2.05, 4.69) is 15.6 Å². The number of nitrogens with zero attached hydrogens (tertiary/aromatic N) is 4. The summed E-state index contributed by atoms with van der Waals surface area (Å²) in [5.74, 6) is 4.62. The van der Waals surface area contributed by atoms with Crippen LogP contribution in [-0.4, -0.2) is 54.9 Å². The highest BCUT2D eigenvalue weighted by molar-refractivity contribution is 7.99. The van der Waals surface area contributed by atoms with Crippen molar-refractivity contribution in [3.05, 3.63) is 36.4 Å². The molecule has 3 aromatic rings. The number of benzene rings is 2. The molecule has 1 aromatic heterocycles. The summed E-state index contributed by atoms with van der Waals surface area (Å²) in [5, 5.41) is 9.36. The van der Waals surface area contributed by atoms with E-state index in [9.17, 15) is 0 Å². The molecule has 0 aliphatic carbocycles. The summed E-state index contributed by atoms with van der Waals surface area (Å²) < 4.78 is 23.3. The molecule has 0 bridgehead atoms. The van der Waals surface area contributed by atoms with E-state index in [-0.39, 0.29) is 0 Å². The number of fused-ring (bicyclic) bond motifs is 1. The minimum atomic E-state index is 0.616. The second-order valence-corrected chi connectivity index (χ2v) is 7.15. The molecule has 0 saturated carbocycles. The van der Waals surface area contributed by atoms with Crippen molar-refractivity contribution in [1.82, 2.24) is 14.9 Å². The summed E-state index contributed by atoms with van der Waals surface area (Å²) in [4.78, 5) is 4.73. The zero-order valence-electron chi connectivity index (χ0n) is 17.0. The smallest absolute Gasteiger partial charge is 0.211 e. The summed E-state index contributed by atoms with van der Waals surface area (Å²) in [7, 11) is 6.43. The SMILES string of the molecule is COc1ccc(OC)c(N=C2CSc3nnc(-c4ccc(OC)c(OC)c4)n3N2)c1. The fourth-order valence-corrected chi connectivity index (χ4v) is 3.76. The lowest BCUT2D eigenvalue weighted by atomic mass is 10.2. The molecule has 0 radical (unpaired) electrons. The van der Waals surface area contributed by atoms with Gasteiger partial charge in [-0.3, -0.25) is 5.43 Å². The van der Waals surface area contributed by atoms with Crippen LogP contribution < -0.4 is 24.4 Å². The zero-order valence-corrected chi connectivity index (χ0v) is 17.8. The molecular formula is C20H21N5O4S. The molecule has 0 atom stereocenters. The monoisotopic (exact) mass is 427 g/mol. The predicted octanol–water partition coefficient (Wildman–Crippen LogP) is 3.36. The molecule has 156 valence electrons. The largest absolute Gasteiger partial charge is 0.497 e. The fraction of sp³-hybridized carbons (Fsp3) is 0.250. The topological polar surface area (TPSA) is 92.0 Å². The summed E-state index contributed by atoms with van der Waals surface area (Å²) in [6.07, 6.45) is 0. The van der Waals surface area contributed by atoms with Gasteiger partial charge in [0, 0.05) is 11.6 Å². The molecule has 9 nitrogen and oxygen atoms in total. The van der Waals surface area contributed by atoms with Gasteiger partial charge in [-0.25, -0.2) is 9.67 Å². The maximum absolute atomic E-state index is 5.43. The average Bonchev–Trinajstić information content (AvgIpc) is 3.21. The van der Waals surface area contributed by atoms with Gasteiger partial charge in [-0.1, -0.05) is 11.8 Å². The standard InChI is InChI=1S/C20H21N5O4S/c1-26-13-6-8-15(27-2)14(10-13)21-18-11-30-20-23-22-19(25(20)24-18)12-5-7-16(28-3)17(9-12)29-4/h5-10H,11H2,1-4H3,(H,21,24). The maximum atomic E-state index is 5.43. The van der Waals surface area contributed by atoms with Crippen LogP contribution >= 0.6 is 11.8 Å². The van der Waals surface area contributed by atoms with Gasteiger partial charge < -0.3 is 18.9 Å². The van der Waals surface area contributed by atoms with Crippen molar-refractivity contribution in [2.24, 2.45) is 4.99 Å². The van der Waals surface area contributed by atoms with Crippen LogP contribution in [0.15, 0.2) is 46.5 Å². The highest BCUT2D eigenvalue weighted by Gasteiger charge is 2.22. The first-order chi connectivity index (χ1) is 14.7. The Hall–Kier alpha value is -3.40. The van der Waals surface area contributed by atoms with Crippen molar-refractivity contribution in [3.63, 3.8) is 0 Å². The molecule has 30 heavy (non-hydrogen) atoms. The number of aromatic nitrogens is 3. The van der Waals surface area contributed by atoms with Gasteiger partial charge in [0.25, 0.3) is 0 Å². The van der Waals surface area contributed by atoms with Crippen LogP contribution in [0.2, 0.25) is 0 Å². The van der Waals surface area contributed by atoms with Crippen LogP contribution in [0, 0.1) is 0 Å². The van der Waals surface area contributed by atoms with Crippen LogP contribution in [-0.2, 0) is 0 Å². The summed E-state index contributed by atoms with van der Waals surface area (Å²) in [6.45, 7) is 0. The Bertz CT molecular complexity index is 1100. The van der Waals surface area contributed by atoms with E-state index in [1.807, 2.05) is 36.4 Å². The van der Waals surface area contributed by atoms with E-state index in [1.165, 1.54) is 0 Å². The number of hydrogen-bond acceptors (Lipinski definition) is 8. The summed E-state index contributed by atoms with van der Waals surface area (Å²) in [6, 6.07) is 11.1. The molecule has 0 amide bonds. The fourth-order valence-electron chi connectivity index (χ4n) is 3.01. The van der Waals surface area contributed by atoms with E-state index in [0.29, 0.717) is 40.3 Å². The van der Waals surface area contributed by atoms with Gasteiger partial charge in [-0.05, 0) is 30.3 Å². The lowest BCUT2D eigenvalue weighted by Crippen LogP contribution is -2.30. The lowest BCUT2D eigenvalue weighted by molar-refractivity contribution is 0.355. The number of amidine groups is 1. The average molecular weight is 427 g/mol. The minimum absolute atomic E-state index is 0.616. The Morgan fingerprint density at radius 2 is 1.67 bits per heavy atom. The molecule has 0 fully saturated rings. The molecule has 1 aliphatic heterocycles. The number of ether oxygens (including phenoxy) is 4. The van der Waals surface area contributed by atoms with E-state index >= 15 is 0 Å². The van der Waals surface area contributed by atoms with Gasteiger partial charge >= 0.3 is 0 Å². The molecule has 2 aromatic carbocycles. The second kappa shape index (κ2) is 8.54. The van der Waals surface area contributed by atoms with Gasteiger partial charge in [0.15, 0.2) is 17.3 Å². The third-order valence-electron chi connectivity index (χ3n) is 4.50. The lowest BCUT2D eigenvalue weighted by Gasteiger charge is -2.19. The minimum Gasteiger partial charge on any atom is -0.497 e. The Labute approximate surface area is 178 Å². The quantitative estimate of drug-likeness (QED) is 0.640. The Morgan fingerprint density at radius 1 is 0.900 bits per heavy atom. The van der Waals surface area contributed by atoms with Gasteiger partial charge in [0.2, 0.25) is 5.16 Å². The van der Waals surface area contributed by atoms with Crippen molar-refractivity contribution in [3.8, 4) is 34.4 Å². The molecule has 4 rings (SSSR count). The first-order valence-corrected chi connectivity index (χ1v) is 10.0. The van der Waals surface area contributed by atoms with E-state index < -0.39 is 0 Å². The number of thioether (sulfide) groups is 1. The molecule has 0 spiro atoms. The summed E-state index contributed by atoms with van der Waals surface area (Å²) in [5.41, 5.74) is 4.80. The maximum Gasteiger partial charge on any atom is 0.211 e. The molecule has 2 heterocycles. The number of methoxy groups -OCH3 is 4. The van der Waals surface area contributed by atoms with Crippen molar-refractivity contribution in [2.45, 2.75) is 5.16 Å².